The molecule has 0 fully saturated rings. The van der Waals surface area contributed by atoms with Gasteiger partial charge in [-0.15, -0.1) is 0 Å². The molecule has 0 bridgehead atoms. The van der Waals surface area contributed by atoms with Crippen molar-refractivity contribution in [3.63, 3.8) is 0 Å². The number of carbonyl (C=O) groups excluding carboxylic acids is 1. The Bertz CT molecular complexity index is 168. The SMILES string of the molecule is C=C/C=C\C(=C)C(=O)Cl. The highest BCUT2D eigenvalue weighted by Gasteiger charge is 1.94. The lowest BCUT2D eigenvalue weighted by molar-refractivity contribution is -0.108. The van der Waals surface area contributed by atoms with Gasteiger partial charge in [0.1, 0.15) is 0 Å². The average Bonchev–Trinajstić information content (AvgIpc) is 1.82. The minimum Gasteiger partial charge on any atom is -0.276 e. The highest BCUT2D eigenvalue weighted by atomic mass is 35.5. The molecule has 1 nitrogen and oxygen atoms in total. The van der Waals surface area contributed by atoms with Crippen molar-refractivity contribution in [1.82, 2.24) is 0 Å². The quantitative estimate of drug-likeness (QED) is 0.335. The van der Waals surface area contributed by atoms with Crippen molar-refractivity contribution in [2.24, 2.45) is 0 Å². The van der Waals surface area contributed by atoms with Gasteiger partial charge in [-0.05, 0) is 11.6 Å². The van der Waals surface area contributed by atoms with Gasteiger partial charge < -0.3 is 0 Å². The van der Waals surface area contributed by atoms with E-state index in [1.54, 1.807) is 12.2 Å². The van der Waals surface area contributed by atoms with E-state index in [0.29, 0.717) is 0 Å². The lowest BCUT2D eigenvalue weighted by atomic mass is 10.3. The van der Waals surface area contributed by atoms with Crippen LogP contribution in [0.4, 0.5) is 0 Å². The first-order valence-corrected chi connectivity index (χ1v) is 2.74. The predicted octanol–water partition coefficient (Wildman–Crippen LogP) is 2.05. The van der Waals surface area contributed by atoms with Crippen LogP contribution in [0.1, 0.15) is 0 Å². The van der Waals surface area contributed by atoms with Gasteiger partial charge in [0.25, 0.3) is 5.24 Å². The molecule has 0 aliphatic heterocycles. The summed E-state index contributed by atoms with van der Waals surface area (Å²) in [5.41, 5.74) is 0.275. The Balaban J connectivity index is 3.92. The topological polar surface area (TPSA) is 17.1 Å². The highest BCUT2D eigenvalue weighted by molar-refractivity contribution is 6.68. The van der Waals surface area contributed by atoms with Gasteiger partial charge in [0.2, 0.25) is 0 Å². The Kier molecular flexibility index (Phi) is 3.72. The van der Waals surface area contributed by atoms with Crippen LogP contribution in [0.15, 0.2) is 37.0 Å². The molecular formula is C7H7ClO. The lowest BCUT2D eigenvalue weighted by Gasteiger charge is -1.84. The summed E-state index contributed by atoms with van der Waals surface area (Å²) in [6.45, 7) is 6.79. The second kappa shape index (κ2) is 4.10. The van der Waals surface area contributed by atoms with Crippen molar-refractivity contribution in [3.8, 4) is 0 Å². The normalized spacial score (nSPS) is 9.44. The fraction of sp³-hybridized carbons (Fsp3) is 0. The first-order chi connectivity index (χ1) is 4.18. The van der Waals surface area contributed by atoms with Gasteiger partial charge in [-0.3, -0.25) is 4.79 Å². The Morgan fingerprint density at radius 2 is 2.11 bits per heavy atom. The first-order valence-electron chi connectivity index (χ1n) is 2.36. The van der Waals surface area contributed by atoms with Crippen LogP contribution in [-0.4, -0.2) is 5.24 Å². The fourth-order valence-corrected chi connectivity index (χ4v) is 0.313. The van der Waals surface area contributed by atoms with E-state index in [1.165, 1.54) is 6.08 Å². The van der Waals surface area contributed by atoms with Crippen LogP contribution in [0.3, 0.4) is 0 Å². The van der Waals surface area contributed by atoms with E-state index < -0.39 is 5.24 Å². The van der Waals surface area contributed by atoms with Crippen LogP contribution < -0.4 is 0 Å². The third-order valence-corrected chi connectivity index (χ3v) is 0.929. The second-order valence-corrected chi connectivity index (χ2v) is 1.74. The van der Waals surface area contributed by atoms with Gasteiger partial charge in [0.05, 0.1) is 0 Å². The molecule has 0 unspecified atom stereocenters. The van der Waals surface area contributed by atoms with E-state index in [-0.39, 0.29) is 5.57 Å². The number of hydrogen-bond acceptors (Lipinski definition) is 1. The van der Waals surface area contributed by atoms with E-state index in [2.05, 4.69) is 13.2 Å². The second-order valence-electron chi connectivity index (χ2n) is 1.39. The molecule has 0 aliphatic rings. The number of carbonyl (C=O) groups is 1. The van der Waals surface area contributed by atoms with Crippen molar-refractivity contribution in [2.75, 3.05) is 0 Å². The Labute approximate surface area is 59.3 Å². The minimum absolute atomic E-state index is 0.275. The van der Waals surface area contributed by atoms with Gasteiger partial charge in [0, 0.05) is 5.57 Å². The van der Waals surface area contributed by atoms with Crippen molar-refractivity contribution >= 4 is 16.8 Å². The van der Waals surface area contributed by atoms with Crippen LogP contribution in [0.25, 0.3) is 0 Å². The van der Waals surface area contributed by atoms with Gasteiger partial charge in [-0.2, -0.15) is 0 Å². The van der Waals surface area contributed by atoms with Crippen LogP contribution in [0.2, 0.25) is 0 Å². The summed E-state index contributed by atoms with van der Waals surface area (Å²) >= 11 is 5.04. The van der Waals surface area contributed by atoms with Gasteiger partial charge in [0.15, 0.2) is 0 Å². The summed E-state index contributed by atoms with van der Waals surface area (Å²) in [5, 5.41) is -0.534. The maximum absolute atomic E-state index is 10.2. The lowest BCUT2D eigenvalue weighted by Crippen LogP contribution is -1.84. The van der Waals surface area contributed by atoms with Crippen molar-refractivity contribution in [1.29, 1.82) is 0 Å². The molecule has 2 heteroatoms. The molecule has 0 N–H and O–H groups in total. The Morgan fingerprint density at radius 3 is 2.44 bits per heavy atom. The molecule has 0 rings (SSSR count). The molecule has 0 heterocycles. The number of allylic oxidation sites excluding steroid dienone is 4. The Hall–Kier alpha value is -0.820. The monoisotopic (exact) mass is 142 g/mol. The van der Waals surface area contributed by atoms with Crippen molar-refractivity contribution < 1.29 is 4.79 Å². The van der Waals surface area contributed by atoms with Gasteiger partial charge in [-0.1, -0.05) is 31.4 Å². The highest BCUT2D eigenvalue weighted by Crippen LogP contribution is 1.97. The molecule has 0 spiro atoms. The molecule has 0 aromatic rings. The number of halogens is 1. The molecule has 0 aliphatic carbocycles. The Morgan fingerprint density at radius 1 is 1.56 bits per heavy atom. The minimum atomic E-state index is -0.534. The maximum Gasteiger partial charge on any atom is 0.251 e. The van der Waals surface area contributed by atoms with Gasteiger partial charge in [-0.25, -0.2) is 0 Å². The third kappa shape index (κ3) is 3.74. The zero-order valence-corrected chi connectivity index (χ0v) is 5.69. The standard InChI is InChI=1S/C7H7ClO/c1-3-4-5-6(2)7(8)9/h3-5H,1-2H2/b5-4-. The molecule has 0 saturated heterocycles. The largest absolute Gasteiger partial charge is 0.276 e. The van der Waals surface area contributed by atoms with E-state index in [0.717, 1.165) is 0 Å². The summed E-state index contributed by atoms with van der Waals surface area (Å²) in [6, 6.07) is 0. The molecule has 0 radical (unpaired) electrons. The van der Waals surface area contributed by atoms with Crippen LogP contribution in [0, 0.1) is 0 Å². The third-order valence-electron chi connectivity index (χ3n) is 0.686. The number of rotatable bonds is 3. The van der Waals surface area contributed by atoms with Crippen molar-refractivity contribution in [2.45, 2.75) is 0 Å². The smallest absolute Gasteiger partial charge is 0.251 e. The fourth-order valence-electron chi connectivity index (χ4n) is 0.250. The summed E-state index contributed by atoms with van der Waals surface area (Å²) in [7, 11) is 0. The molecule has 0 aromatic heterocycles. The zero-order chi connectivity index (χ0) is 7.28. The van der Waals surface area contributed by atoms with Crippen molar-refractivity contribution in [3.05, 3.63) is 37.0 Å². The molecule has 0 aromatic carbocycles. The molecule has 9 heavy (non-hydrogen) atoms. The maximum atomic E-state index is 10.2. The van der Waals surface area contributed by atoms with Crippen LogP contribution in [-0.2, 0) is 4.79 Å². The molecule has 0 saturated carbocycles. The predicted molar refractivity (Wildman–Crippen MR) is 39.3 cm³/mol. The summed E-state index contributed by atoms with van der Waals surface area (Å²) in [6.07, 6.45) is 4.65. The van der Waals surface area contributed by atoms with E-state index in [9.17, 15) is 4.79 Å². The number of hydrogen-bond donors (Lipinski definition) is 0. The van der Waals surface area contributed by atoms with E-state index in [4.69, 9.17) is 11.6 Å². The molecule has 0 atom stereocenters. The van der Waals surface area contributed by atoms with E-state index in [1.807, 2.05) is 0 Å². The molecular weight excluding hydrogens is 136 g/mol. The van der Waals surface area contributed by atoms with Crippen LogP contribution in [0.5, 0.6) is 0 Å². The van der Waals surface area contributed by atoms with Crippen LogP contribution >= 0.6 is 11.6 Å². The summed E-state index contributed by atoms with van der Waals surface area (Å²) < 4.78 is 0. The summed E-state index contributed by atoms with van der Waals surface area (Å²) in [4.78, 5) is 10.2. The average molecular weight is 143 g/mol. The first kappa shape index (κ1) is 8.18. The summed E-state index contributed by atoms with van der Waals surface area (Å²) in [5.74, 6) is 0. The molecule has 48 valence electrons. The van der Waals surface area contributed by atoms with E-state index >= 15 is 0 Å². The zero-order valence-electron chi connectivity index (χ0n) is 4.93. The van der Waals surface area contributed by atoms with Gasteiger partial charge >= 0.3 is 0 Å². The molecule has 0 amide bonds.